The summed E-state index contributed by atoms with van der Waals surface area (Å²) in [4.78, 5) is 15.3. The first-order valence-electron chi connectivity index (χ1n) is 13.6. The van der Waals surface area contributed by atoms with Gasteiger partial charge in [0.1, 0.15) is 12.4 Å². The Labute approximate surface area is 227 Å². The minimum absolute atomic E-state index is 0.124. The van der Waals surface area contributed by atoms with Crippen molar-refractivity contribution in [2.24, 2.45) is 0 Å². The van der Waals surface area contributed by atoms with Crippen LogP contribution in [0.15, 0.2) is 41.3 Å². The number of anilines is 1. The third kappa shape index (κ3) is 7.14. The number of aryl methyl sites for hydroxylation is 2. The minimum atomic E-state index is -3.72. The Morgan fingerprint density at radius 1 is 0.974 bits per heavy atom. The Bertz CT molecular complexity index is 1170. The first kappa shape index (κ1) is 28.5. The molecule has 0 radical (unpaired) electrons. The molecule has 0 aliphatic carbocycles. The number of ether oxygens (including phenoxy) is 2. The maximum absolute atomic E-state index is 13.7. The van der Waals surface area contributed by atoms with Crippen LogP contribution in [0.1, 0.15) is 55.2 Å². The molecule has 1 atom stereocenters. The van der Waals surface area contributed by atoms with Gasteiger partial charge in [0.15, 0.2) is 0 Å². The van der Waals surface area contributed by atoms with Crippen LogP contribution in [-0.4, -0.2) is 69.5 Å². The molecule has 1 amide bonds. The number of hydrogen-bond acceptors (Lipinski definition) is 6. The van der Waals surface area contributed by atoms with E-state index < -0.39 is 10.0 Å². The van der Waals surface area contributed by atoms with Gasteiger partial charge in [-0.3, -0.25) is 9.69 Å². The van der Waals surface area contributed by atoms with Crippen molar-refractivity contribution >= 4 is 21.6 Å². The molecule has 2 aromatic rings. The molecule has 208 valence electrons. The zero-order valence-corrected chi connectivity index (χ0v) is 23.7. The zero-order valence-electron chi connectivity index (χ0n) is 22.9. The molecule has 2 saturated heterocycles. The fourth-order valence-corrected chi connectivity index (χ4v) is 7.66. The summed E-state index contributed by atoms with van der Waals surface area (Å²) in [6.07, 6.45) is 6.28. The minimum Gasteiger partial charge on any atom is -0.497 e. The summed E-state index contributed by atoms with van der Waals surface area (Å²) in [5.74, 6) is 0.390. The van der Waals surface area contributed by atoms with E-state index in [-0.39, 0.29) is 25.2 Å². The van der Waals surface area contributed by atoms with Gasteiger partial charge in [-0.05, 0) is 93.6 Å². The number of methoxy groups -OCH3 is 1. The van der Waals surface area contributed by atoms with Crippen LogP contribution >= 0.6 is 0 Å². The highest BCUT2D eigenvalue weighted by atomic mass is 32.2. The summed E-state index contributed by atoms with van der Waals surface area (Å²) >= 11 is 0. The van der Waals surface area contributed by atoms with Gasteiger partial charge in [0.2, 0.25) is 15.9 Å². The number of benzene rings is 2. The lowest BCUT2D eigenvalue weighted by molar-refractivity contribution is -0.121. The quantitative estimate of drug-likeness (QED) is 0.475. The normalized spacial score (nSPS) is 19.3. The fourth-order valence-electron chi connectivity index (χ4n) is 5.56. The molecule has 2 fully saturated rings. The molecule has 1 unspecified atom stereocenters. The van der Waals surface area contributed by atoms with Crippen molar-refractivity contribution in [3.05, 3.63) is 53.1 Å². The highest BCUT2D eigenvalue weighted by molar-refractivity contribution is 7.89. The molecule has 0 aromatic heterocycles. The summed E-state index contributed by atoms with van der Waals surface area (Å²) in [6, 6.07) is 11.1. The Morgan fingerprint density at radius 3 is 2.29 bits per heavy atom. The van der Waals surface area contributed by atoms with E-state index in [0.29, 0.717) is 34.7 Å². The van der Waals surface area contributed by atoms with Gasteiger partial charge in [0.05, 0.1) is 18.6 Å². The third-order valence-corrected chi connectivity index (χ3v) is 9.70. The molecule has 0 bridgehead atoms. The summed E-state index contributed by atoms with van der Waals surface area (Å²) in [6.45, 7) is 7.32. The first-order valence-corrected chi connectivity index (χ1v) is 15.1. The molecule has 4 rings (SSSR count). The SMILES string of the molecule is COc1cc(C)c(S(=O)(=O)N2CCCCC2COCC(=O)Nc2ccc(CN3CCCCC3)cc2)c(C)c1. The van der Waals surface area contributed by atoms with Gasteiger partial charge in [0, 0.05) is 24.8 Å². The van der Waals surface area contributed by atoms with E-state index in [1.54, 1.807) is 37.4 Å². The molecule has 38 heavy (non-hydrogen) atoms. The van der Waals surface area contributed by atoms with E-state index in [4.69, 9.17) is 9.47 Å². The van der Waals surface area contributed by atoms with Gasteiger partial charge in [-0.1, -0.05) is 25.0 Å². The standard InChI is InChI=1S/C29H41N3O5S/c1-22-17-27(36-3)18-23(2)29(22)38(34,35)32-16-8-5-9-26(32)20-37-21-28(33)30-25-12-10-24(11-13-25)19-31-14-6-4-7-15-31/h10-13,17-18,26H,4-9,14-16,19-21H2,1-3H3,(H,30,33). The molecule has 0 spiro atoms. The maximum atomic E-state index is 13.7. The predicted molar refractivity (Wildman–Crippen MR) is 149 cm³/mol. The molecule has 2 aliphatic rings. The predicted octanol–water partition coefficient (Wildman–Crippen LogP) is 4.50. The number of likely N-dealkylation sites (tertiary alicyclic amines) is 1. The Hall–Kier alpha value is -2.46. The van der Waals surface area contributed by atoms with E-state index in [9.17, 15) is 13.2 Å². The van der Waals surface area contributed by atoms with Gasteiger partial charge < -0.3 is 14.8 Å². The van der Waals surface area contributed by atoms with Crippen LogP contribution in [0, 0.1) is 13.8 Å². The van der Waals surface area contributed by atoms with Crippen LogP contribution in [-0.2, 0) is 26.1 Å². The van der Waals surface area contributed by atoms with Crippen LogP contribution in [0.25, 0.3) is 0 Å². The maximum Gasteiger partial charge on any atom is 0.250 e. The first-order chi connectivity index (χ1) is 18.3. The number of nitrogens with zero attached hydrogens (tertiary/aromatic N) is 2. The Morgan fingerprint density at radius 2 is 1.63 bits per heavy atom. The largest absolute Gasteiger partial charge is 0.497 e. The number of hydrogen-bond donors (Lipinski definition) is 1. The summed E-state index contributed by atoms with van der Waals surface area (Å²) < 4.78 is 39.9. The van der Waals surface area contributed by atoms with Crippen molar-refractivity contribution in [3.8, 4) is 5.75 Å². The zero-order chi connectivity index (χ0) is 27.1. The van der Waals surface area contributed by atoms with Crippen molar-refractivity contribution in [1.82, 2.24) is 9.21 Å². The van der Waals surface area contributed by atoms with Crippen molar-refractivity contribution in [2.45, 2.75) is 69.9 Å². The van der Waals surface area contributed by atoms with Crippen LogP contribution in [0.5, 0.6) is 5.75 Å². The summed E-state index contributed by atoms with van der Waals surface area (Å²) in [5, 5.41) is 2.88. The lowest BCUT2D eigenvalue weighted by atomic mass is 10.1. The van der Waals surface area contributed by atoms with Crippen LogP contribution in [0.2, 0.25) is 0 Å². The number of amides is 1. The van der Waals surface area contributed by atoms with Crippen LogP contribution in [0.4, 0.5) is 5.69 Å². The fraction of sp³-hybridized carbons (Fsp3) is 0.552. The second-order valence-corrected chi connectivity index (χ2v) is 12.3. The average molecular weight is 544 g/mol. The highest BCUT2D eigenvalue weighted by Gasteiger charge is 2.35. The number of carbonyl (C=O) groups is 1. The van der Waals surface area contributed by atoms with Gasteiger partial charge in [0.25, 0.3) is 0 Å². The average Bonchev–Trinajstić information content (AvgIpc) is 2.90. The van der Waals surface area contributed by atoms with E-state index >= 15 is 0 Å². The van der Waals surface area contributed by atoms with E-state index in [1.165, 1.54) is 24.8 Å². The number of rotatable bonds is 10. The van der Waals surface area contributed by atoms with Crippen LogP contribution in [0.3, 0.4) is 0 Å². The third-order valence-electron chi connectivity index (χ3n) is 7.45. The van der Waals surface area contributed by atoms with Crippen molar-refractivity contribution < 1.29 is 22.7 Å². The highest BCUT2D eigenvalue weighted by Crippen LogP contribution is 2.32. The Balaban J connectivity index is 1.31. The second kappa shape index (κ2) is 13.1. The molecule has 2 heterocycles. The molecule has 2 aliphatic heterocycles. The van der Waals surface area contributed by atoms with Crippen molar-refractivity contribution in [2.75, 3.05) is 45.3 Å². The topological polar surface area (TPSA) is 88.2 Å². The van der Waals surface area contributed by atoms with Crippen molar-refractivity contribution in [3.63, 3.8) is 0 Å². The van der Waals surface area contributed by atoms with Crippen LogP contribution < -0.4 is 10.1 Å². The van der Waals surface area contributed by atoms with E-state index in [2.05, 4.69) is 22.3 Å². The van der Waals surface area contributed by atoms with Gasteiger partial charge in [-0.2, -0.15) is 4.31 Å². The summed E-state index contributed by atoms with van der Waals surface area (Å²) in [7, 11) is -2.15. The molecule has 0 saturated carbocycles. The molecular weight excluding hydrogens is 502 g/mol. The second-order valence-electron chi connectivity index (χ2n) is 10.5. The molecular formula is C29H41N3O5S. The summed E-state index contributed by atoms with van der Waals surface area (Å²) in [5.41, 5.74) is 3.29. The van der Waals surface area contributed by atoms with E-state index in [1.807, 2.05) is 12.1 Å². The number of carbonyl (C=O) groups excluding carboxylic acids is 1. The smallest absolute Gasteiger partial charge is 0.250 e. The monoisotopic (exact) mass is 543 g/mol. The van der Waals surface area contributed by atoms with Gasteiger partial charge >= 0.3 is 0 Å². The van der Waals surface area contributed by atoms with Gasteiger partial charge in [-0.25, -0.2) is 8.42 Å². The molecule has 1 N–H and O–H groups in total. The number of piperidine rings is 2. The molecule has 2 aromatic carbocycles. The Kier molecular flexibility index (Phi) is 9.81. The van der Waals surface area contributed by atoms with Crippen molar-refractivity contribution in [1.29, 1.82) is 0 Å². The number of sulfonamides is 1. The lowest BCUT2D eigenvalue weighted by Gasteiger charge is -2.35. The van der Waals surface area contributed by atoms with Gasteiger partial charge in [-0.15, -0.1) is 0 Å². The molecule has 9 heteroatoms. The number of nitrogens with one attached hydrogen (secondary N) is 1. The van der Waals surface area contributed by atoms with E-state index in [0.717, 1.165) is 38.2 Å². The molecule has 8 nitrogen and oxygen atoms in total. The lowest BCUT2D eigenvalue weighted by Crippen LogP contribution is -2.46.